The van der Waals surface area contributed by atoms with E-state index in [1.54, 1.807) is 0 Å². The fraction of sp³-hybridized carbons (Fsp3) is 0.125. The first-order valence-corrected chi connectivity index (χ1v) is 6.93. The molecule has 3 rings (SSSR count). The van der Waals surface area contributed by atoms with Crippen molar-refractivity contribution in [1.82, 2.24) is 10.1 Å². The van der Waals surface area contributed by atoms with E-state index in [4.69, 9.17) is 21.9 Å². The van der Waals surface area contributed by atoms with Crippen molar-refractivity contribution in [3.8, 4) is 11.5 Å². The van der Waals surface area contributed by atoms with Gasteiger partial charge in [0.05, 0.1) is 5.56 Å². The standard InChI is InChI=1S/C16H14ClN3O/c1-10-5-6-14(18)13(7-10)16-19-15(20-21-16)9-11-3-2-4-12(17)8-11/h2-8H,9,18H2,1H3. The van der Waals surface area contributed by atoms with E-state index < -0.39 is 0 Å². The Morgan fingerprint density at radius 2 is 2.05 bits per heavy atom. The zero-order chi connectivity index (χ0) is 14.8. The number of aryl methyl sites for hydroxylation is 1. The number of halogens is 1. The van der Waals surface area contributed by atoms with Crippen molar-refractivity contribution in [2.24, 2.45) is 0 Å². The summed E-state index contributed by atoms with van der Waals surface area (Å²) in [4.78, 5) is 4.41. The Kier molecular flexibility index (Phi) is 3.62. The summed E-state index contributed by atoms with van der Waals surface area (Å²) in [6.45, 7) is 1.99. The molecule has 0 aliphatic rings. The number of nitrogens with zero attached hydrogens (tertiary/aromatic N) is 2. The van der Waals surface area contributed by atoms with Gasteiger partial charge in [0.15, 0.2) is 5.82 Å². The topological polar surface area (TPSA) is 64.9 Å². The van der Waals surface area contributed by atoms with Crippen LogP contribution >= 0.6 is 11.6 Å². The lowest BCUT2D eigenvalue weighted by molar-refractivity contribution is 0.424. The van der Waals surface area contributed by atoms with Crippen molar-refractivity contribution in [2.45, 2.75) is 13.3 Å². The van der Waals surface area contributed by atoms with Gasteiger partial charge in [0.1, 0.15) is 0 Å². The first kappa shape index (κ1) is 13.6. The lowest BCUT2D eigenvalue weighted by atomic mass is 10.1. The van der Waals surface area contributed by atoms with E-state index in [1.165, 1.54) is 0 Å². The summed E-state index contributed by atoms with van der Waals surface area (Å²) >= 11 is 5.97. The summed E-state index contributed by atoms with van der Waals surface area (Å²) < 4.78 is 5.31. The van der Waals surface area contributed by atoms with E-state index in [2.05, 4.69) is 10.1 Å². The summed E-state index contributed by atoms with van der Waals surface area (Å²) in [5.74, 6) is 1.04. The molecule has 1 aromatic heterocycles. The Hall–Kier alpha value is -2.33. The molecule has 0 spiro atoms. The van der Waals surface area contributed by atoms with Crippen LogP contribution in [-0.4, -0.2) is 10.1 Å². The maximum atomic E-state index is 5.97. The van der Waals surface area contributed by atoms with Gasteiger partial charge in [-0.1, -0.05) is 40.5 Å². The zero-order valence-electron chi connectivity index (χ0n) is 11.5. The number of hydrogen-bond acceptors (Lipinski definition) is 4. The maximum absolute atomic E-state index is 5.97. The average molecular weight is 300 g/mol. The second-order valence-corrected chi connectivity index (χ2v) is 5.35. The van der Waals surface area contributed by atoms with Crippen LogP contribution in [0, 0.1) is 6.92 Å². The maximum Gasteiger partial charge on any atom is 0.260 e. The lowest BCUT2D eigenvalue weighted by Gasteiger charge is -2.01. The molecular formula is C16H14ClN3O. The van der Waals surface area contributed by atoms with E-state index in [9.17, 15) is 0 Å². The van der Waals surface area contributed by atoms with Crippen molar-refractivity contribution in [1.29, 1.82) is 0 Å². The van der Waals surface area contributed by atoms with Crippen molar-refractivity contribution >= 4 is 17.3 Å². The monoisotopic (exact) mass is 299 g/mol. The Bertz CT molecular complexity index is 783. The van der Waals surface area contributed by atoms with Gasteiger partial charge in [0.25, 0.3) is 5.89 Å². The molecule has 0 aliphatic heterocycles. The summed E-state index contributed by atoms with van der Waals surface area (Å²) in [5, 5.41) is 4.70. The molecule has 21 heavy (non-hydrogen) atoms. The lowest BCUT2D eigenvalue weighted by Crippen LogP contribution is -1.93. The van der Waals surface area contributed by atoms with Gasteiger partial charge in [-0.25, -0.2) is 0 Å². The van der Waals surface area contributed by atoms with Crippen molar-refractivity contribution in [3.05, 3.63) is 64.4 Å². The molecule has 0 saturated carbocycles. The van der Waals surface area contributed by atoms with Crippen LogP contribution in [-0.2, 0) is 6.42 Å². The Balaban J connectivity index is 1.88. The van der Waals surface area contributed by atoms with Crippen LogP contribution in [0.1, 0.15) is 17.0 Å². The minimum absolute atomic E-state index is 0.438. The normalized spacial score (nSPS) is 10.8. The highest BCUT2D eigenvalue weighted by Crippen LogP contribution is 2.25. The van der Waals surface area contributed by atoms with E-state index in [1.807, 2.05) is 49.4 Å². The molecule has 1 heterocycles. The van der Waals surface area contributed by atoms with Gasteiger partial charge in [-0.05, 0) is 36.8 Å². The molecule has 0 saturated heterocycles. The predicted octanol–water partition coefficient (Wildman–Crippen LogP) is 3.87. The molecule has 0 atom stereocenters. The zero-order valence-corrected chi connectivity index (χ0v) is 12.3. The number of rotatable bonds is 3. The molecule has 2 aromatic carbocycles. The third-order valence-corrected chi connectivity index (χ3v) is 3.39. The molecule has 2 N–H and O–H groups in total. The average Bonchev–Trinajstić information content (AvgIpc) is 2.90. The molecule has 0 aliphatic carbocycles. The highest BCUT2D eigenvalue weighted by atomic mass is 35.5. The van der Waals surface area contributed by atoms with Crippen LogP contribution in [0.25, 0.3) is 11.5 Å². The number of hydrogen-bond donors (Lipinski definition) is 1. The van der Waals surface area contributed by atoms with Gasteiger partial charge < -0.3 is 10.3 Å². The molecule has 106 valence electrons. The summed E-state index contributed by atoms with van der Waals surface area (Å²) in [6.07, 6.45) is 0.565. The molecular weight excluding hydrogens is 286 g/mol. The van der Waals surface area contributed by atoms with E-state index in [0.717, 1.165) is 16.7 Å². The second kappa shape index (κ2) is 5.58. The number of anilines is 1. The molecule has 0 fully saturated rings. The number of nitrogen functional groups attached to an aromatic ring is 1. The van der Waals surface area contributed by atoms with Gasteiger partial charge in [0, 0.05) is 17.1 Å². The Morgan fingerprint density at radius 1 is 1.19 bits per heavy atom. The van der Waals surface area contributed by atoms with Crippen LogP contribution in [0.4, 0.5) is 5.69 Å². The molecule has 5 heteroatoms. The highest BCUT2D eigenvalue weighted by molar-refractivity contribution is 6.30. The summed E-state index contributed by atoms with van der Waals surface area (Å²) in [6, 6.07) is 13.3. The van der Waals surface area contributed by atoms with Crippen molar-refractivity contribution < 1.29 is 4.52 Å². The molecule has 0 amide bonds. The number of nitrogens with two attached hydrogens (primary N) is 1. The predicted molar refractivity (Wildman–Crippen MR) is 83.1 cm³/mol. The fourth-order valence-corrected chi connectivity index (χ4v) is 2.33. The summed E-state index contributed by atoms with van der Waals surface area (Å²) in [5.41, 5.74) is 9.47. The van der Waals surface area contributed by atoms with Crippen molar-refractivity contribution in [3.63, 3.8) is 0 Å². The van der Waals surface area contributed by atoms with Gasteiger partial charge in [0.2, 0.25) is 0 Å². The Labute approximate surface area is 127 Å². The molecule has 4 nitrogen and oxygen atoms in total. The Morgan fingerprint density at radius 3 is 2.86 bits per heavy atom. The van der Waals surface area contributed by atoms with Gasteiger partial charge in [-0.2, -0.15) is 4.98 Å². The third kappa shape index (κ3) is 3.06. The smallest absolute Gasteiger partial charge is 0.260 e. The van der Waals surface area contributed by atoms with Crippen LogP contribution < -0.4 is 5.73 Å². The first-order valence-electron chi connectivity index (χ1n) is 6.55. The van der Waals surface area contributed by atoms with Crippen LogP contribution in [0.5, 0.6) is 0 Å². The van der Waals surface area contributed by atoms with Gasteiger partial charge >= 0.3 is 0 Å². The quantitative estimate of drug-likeness (QED) is 0.746. The van der Waals surface area contributed by atoms with E-state index in [-0.39, 0.29) is 0 Å². The summed E-state index contributed by atoms with van der Waals surface area (Å²) in [7, 11) is 0. The van der Waals surface area contributed by atoms with Crippen LogP contribution in [0.3, 0.4) is 0 Å². The molecule has 0 bridgehead atoms. The van der Waals surface area contributed by atoms with E-state index in [0.29, 0.717) is 28.8 Å². The van der Waals surface area contributed by atoms with Crippen LogP contribution in [0.15, 0.2) is 47.0 Å². The first-order chi connectivity index (χ1) is 10.1. The van der Waals surface area contributed by atoms with Gasteiger partial charge in [-0.3, -0.25) is 0 Å². The minimum Gasteiger partial charge on any atom is -0.398 e. The van der Waals surface area contributed by atoms with E-state index >= 15 is 0 Å². The van der Waals surface area contributed by atoms with Gasteiger partial charge in [-0.15, -0.1) is 0 Å². The number of benzene rings is 2. The SMILES string of the molecule is Cc1ccc(N)c(-c2nc(Cc3cccc(Cl)c3)no2)c1. The molecule has 3 aromatic rings. The number of aromatic nitrogens is 2. The molecule has 0 radical (unpaired) electrons. The molecule has 0 unspecified atom stereocenters. The largest absolute Gasteiger partial charge is 0.398 e. The minimum atomic E-state index is 0.438. The second-order valence-electron chi connectivity index (χ2n) is 4.91. The fourth-order valence-electron chi connectivity index (χ4n) is 2.12. The van der Waals surface area contributed by atoms with Crippen LogP contribution in [0.2, 0.25) is 5.02 Å². The van der Waals surface area contributed by atoms with Crippen molar-refractivity contribution in [2.75, 3.05) is 5.73 Å². The third-order valence-electron chi connectivity index (χ3n) is 3.16. The highest BCUT2D eigenvalue weighted by Gasteiger charge is 2.12.